The Labute approximate surface area is 198 Å². The van der Waals surface area contributed by atoms with Crippen molar-refractivity contribution in [3.8, 4) is 0 Å². The average molecular weight is 461 g/mol. The van der Waals surface area contributed by atoms with E-state index in [0.29, 0.717) is 0 Å². The highest BCUT2D eigenvalue weighted by molar-refractivity contribution is 5.81. The number of nitrogens with zero attached hydrogens (tertiary/aromatic N) is 1. The molecule has 0 bridgehead atoms. The number of hydrogen-bond acceptors (Lipinski definition) is 2. The summed E-state index contributed by atoms with van der Waals surface area (Å²) >= 11 is 0. The van der Waals surface area contributed by atoms with E-state index in [2.05, 4.69) is 48.1 Å². The van der Waals surface area contributed by atoms with Gasteiger partial charge in [0.05, 0.1) is 6.42 Å². The Kier molecular flexibility index (Phi) is 14.5. The van der Waals surface area contributed by atoms with Gasteiger partial charge in [0.25, 0.3) is 0 Å². The number of alkyl halides is 3. The van der Waals surface area contributed by atoms with Crippen molar-refractivity contribution in [2.75, 3.05) is 0 Å². The van der Waals surface area contributed by atoms with Gasteiger partial charge in [0.15, 0.2) is 0 Å². The van der Waals surface area contributed by atoms with Crippen LogP contribution in [0.2, 0.25) is 0 Å². The van der Waals surface area contributed by atoms with Crippen molar-refractivity contribution in [3.05, 3.63) is 89.3 Å². The van der Waals surface area contributed by atoms with Crippen LogP contribution in [0.3, 0.4) is 0 Å². The van der Waals surface area contributed by atoms with Gasteiger partial charge in [0.1, 0.15) is 0 Å². The van der Waals surface area contributed by atoms with Crippen molar-refractivity contribution in [3.63, 3.8) is 0 Å². The SMILES string of the molecule is C=C(C)NCc1ccc(C)cc1.CC.CC/C(=C\N=C(C)C)c1cccc(CC(F)(F)F)c1. The molecular formula is C28H39F3N2. The summed E-state index contributed by atoms with van der Waals surface area (Å²) in [6, 6.07) is 15.1. The Hall–Kier alpha value is -2.82. The first-order chi connectivity index (χ1) is 15.5. The lowest BCUT2D eigenvalue weighted by molar-refractivity contribution is -0.127. The highest BCUT2D eigenvalue weighted by Crippen LogP contribution is 2.25. The van der Waals surface area contributed by atoms with Crippen LogP contribution in [0.15, 0.2) is 72.0 Å². The molecule has 2 nitrogen and oxygen atoms in total. The molecule has 2 aromatic carbocycles. The molecule has 0 aliphatic rings. The lowest BCUT2D eigenvalue weighted by Crippen LogP contribution is -2.11. The molecule has 0 unspecified atom stereocenters. The normalized spacial score (nSPS) is 10.8. The molecule has 0 aliphatic carbocycles. The number of allylic oxidation sites excluding steroid dienone is 2. The molecule has 0 spiro atoms. The van der Waals surface area contributed by atoms with Gasteiger partial charge < -0.3 is 5.32 Å². The van der Waals surface area contributed by atoms with E-state index in [9.17, 15) is 13.2 Å². The van der Waals surface area contributed by atoms with Crippen LogP contribution in [-0.4, -0.2) is 11.9 Å². The molecule has 0 atom stereocenters. The third-order valence-electron chi connectivity index (χ3n) is 4.28. The van der Waals surface area contributed by atoms with E-state index >= 15 is 0 Å². The third kappa shape index (κ3) is 14.8. The predicted molar refractivity (Wildman–Crippen MR) is 137 cm³/mol. The van der Waals surface area contributed by atoms with Crippen LogP contribution < -0.4 is 5.32 Å². The summed E-state index contributed by atoms with van der Waals surface area (Å²) in [4.78, 5) is 4.21. The second-order valence-electron chi connectivity index (χ2n) is 7.70. The number of benzene rings is 2. The number of nitrogens with one attached hydrogen (secondary N) is 1. The quantitative estimate of drug-likeness (QED) is 0.411. The van der Waals surface area contributed by atoms with E-state index in [4.69, 9.17) is 0 Å². The summed E-state index contributed by atoms with van der Waals surface area (Å²) in [5.74, 6) is 0. The molecular weight excluding hydrogens is 421 g/mol. The van der Waals surface area contributed by atoms with Crippen molar-refractivity contribution >= 4 is 11.3 Å². The van der Waals surface area contributed by atoms with Crippen LogP contribution in [0.25, 0.3) is 5.57 Å². The summed E-state index contributed by atoms with van der Waals surface area (Å²) in [5, 5.41) is 3.19. The Balaban J connectivity index is 0.000000627. The average Bonchev–Trinajstić information content (AvgIpc) is 2.74. The fraction of sp³-hybridized carbons (Fsp3) is 0.393. The smallest absolute Gasteiger partial charge is 0.385 e. The maximum Gasteiger partial charge on any atom is 0.393 e. The Morgan fingerprint density at radius 1 is 1.00 bits per heavy atom. The van der Waals surface area contributed by atoms with Gasteiger partial charge in [-0.3, -0.25) is 4.99 Å². The van der Waals surface area contributed by atoms with Gasteiger partial charge in [-0.05, 0) is 56.4 Å². The van der Waals surface area contributed by atoms with E-state index in [1.165, 1.54) is 17.2 Å². The number of hydrogen-bond donors (Lipinski definition) is 1. The molecule has 0 fully saturated rings. The lowest BCUT2D eigenvalue weighted by Gasteiger charge is -2.09. The van der Waals surface area contributed by atoms with Crippen molar-refractivity contribution in [1.29, 1.82) is 0 Å². The van der Waals surface area contributed by atoms with Gasteiger partial charge in [0.2, 0.25) is 0 Å². The van der Waals surface area contributed by atoms with Crippen LogP contribution in [0.1, 0.15) is 70.2 Å². The molecule has 0 radical (unpaired) electrons. The fourth-order valence-corrected chi connectivity index (χ4v) is 2.65. The van der Waals surface area contributed by atoms with E-state index < -0.39 is 12.6 Å². The topological polar surface area (TPSA) is 24.4 Å². The number of halogens is 3. The zero-order valence-electron chi connectivity index (χ0n) is 21.1. The van der Waals surface area contributed by atoms with Crippen LogP contribution in [0, 0.1) is 6.92 Å². The summed E-state index contributed by atoms with van der Waals surface area (Å²) in [6.45, 7) is 18.4. The highest BCUT2D eigenvalue weighted by atomic mass is 19.4. The number of aryl methyl sites for hydroxylation is 1. The first kappa shape index (κ1) is 30.2. The minimum absolute atomic E-state index is 0.279. The Morgan fingerprint density at radius 2 is 1.61 bits per heavy atom. The second kappa shape index (κ2) is 15.9. The minimum atomic E-state index is -4.17. The molecule has 0 amide bonds. The molecule has 0 saturated carbocycles. The summed E-state index contributed by atoms with van der Waals surface area (Å²) in [7, 11) is 0. The largest absolute Gasteiger partial charge is 0.393 e. The van der Waals surface area contributed by atoms with Crippen LogP contribution in [0.4, 0.5) is 13.2 Å². The van der Waals surface area contributed by atoms with Crippen LogP contribution in [0.5, 0.6) is 0 Å². The molecule has 1 N–H and O–H groups in total. The standard InChI is InChI=1S/C15H18F3N.C11H15N.C2H6/c1-4-13(10-19-11(2)3)14-7-5-6-12(8-14)9-15(16,17)18;1-9(2)12-8-11-6-4-10(3)5-7-11;1-2/h5-8,10H,4,9H2,1-3H3;4-7,12H,1,8H2,2-3H3;1-2H3/b13-10+;;. The molecule has 2 rings (SSSR count). The molecule has 0 aliphatic heterocycles. The van der Waals surface area contributed by atoms with E-state index in [0.717, 1.165) is 35.5 Å². The Morgan fingerprint density at radius 3 is 2.09 bits per heavy atom. The monoisotopic (exact) mass is 460 g/mol. The van der Waals surface area contributed by atoms with E-state index in [1.807, 2.05) is 47.6 Å². The molecule has 0 aromatic heterocycles. The molecule has 0 heterocycles. The number of rotatable bonds is 7. The maximum atomic E-state index is 12.4. The maximum absolute atomic E-state index is 12.4. The van der Waals surface area contributed by atoms with Crippen molar-refractivity contribution < 1.29 is 13.2 Å². The zero-order chi connectivity index (χ0) is 25.4. The van der Waals surface area contributed by atoms with Crippen molar-refractivity contribution in [1.82, 2.24) is 5.32 Å². The van der Waals surface area contributed by atoms with Gasteiger partial charge >= 0.3 is 6.18 Å². The molecule has 0 saturated heterocycles. The van der Waals surface area contributed by atoms with E-state index in [-0.39, 0.29) is 5.56 Å². The third-order valence-corrected chi connectivity index (χ3v) is 4.28. The summed E-state index contributed by atoms with van der Waals surface area (Å²) in [6.07, 6.45) is -2.62. The summed E-state index contributed by atoms with van der Waals surface area (Å²) < 4.78 is 37.1. The second-order valence-corrected chi connectivity index (χ2v) is 7.70. The van der Waals surface area contributed by atoms with Crippen molar-refractivity contribution in [2.24, 2.45) is 4.99 Å². The summed E-state index contributed by atoms with van der Waals surface area (Å²) in [5.41, 5.74) is 6.53. The predicted octanol–water partition coefficient (Wildman–Crippen LogP) is 8.67. The molecule has 5 heteroatoms. The molecule has 2 aromatic rings. The highest BCUT2D eigenvalue weighted by Gasteiger charge is 2.27. The number of aliphatic imine (C=N–C) groups is 1. The zero-order valence-corrected chi connectivity index (χ0v) is 21.1. The van der Waals surface area contributed by atoms with Gasteiger partial charge in [-0.2, -0.15) is 13.2 Å². The van der Waals surface area contributed by atoms with Crippen LogP contribution >= 0.6 is 0 Å². The minimum Gasteiger partial charge on any atom is -0.385 e. The molecule has 182 valence electrons. The first-order valence-electron chi connectivity index (χ1n) is 11.3. The van der Waals surface area contributed by atoms with Crippen molar-refractivity contribution in [2.45, 2.75) is 74.0 Å². The van der Waals surface area contributed by atoms with E-state index in [1.54, 1.807) is 18.3 Å². The van der Waals surface area contributed by atoms with Gasteiger partial charge in [-0.15, -0.1) is 0 Å². The van der Waals surface area contributed by atoms with Crippen LogP contribution in [-0.2, 0) is 13.0 Å². The van der Waals surface area contributed by atoms with Gasteiger partial charge in [-0.25, -0.2) is 0 Å². The van der Waals surface area contributed by atoms with Gasteiger partial charge in [0, 0.05) is 24.2 Å². The van der Waals surface area contributed by atoms with Gasteiger partial charge in [-0.1, -0.05) is 81.4 Å². The fourth-order valence-electron chi connectivity index (χ4n) is 2.65. The Bertz CT molecular complexity index is 888. The molecule has 33 heavy (non-hydrogen) atoms. The lowest BCUT2D eigenvalue weighted by atomic mass is 10.0. The first-order valence-corrected chi connectivity index (χ1v) is 11.3.